The van der Waals surface area contributed by atoms with Gasteiger partial charge in [0.15, 0.2) is 0 Å². The van der Waals surface area contributed by atoms with E-state index in [1.54, 1.807) is 6.33 Å². The Morgan fingerprint density at radius 3 is 2.72 bits per heavy atom. The van der Waals surface area contributed by atoms with Gasteiger partial charge in [-0.05, 0) is 12.3 Å². The smallest absolute Gasteiger partial charge is 0.132 e. The van der Waals surface area contributed by atoms with Gasteiger partial charge < -0.3 is 10.6 Å². The molecule has 0 saturated carbocycles. The first-order valence-electron chi connectivity index (χ1n) is 6.41. The third-order valence-corrected chi connectivity index (χ3v) is 2.63. The Balaban J connectivity index is 2.82. The summed E-state index contributed by atoms with van der Waals surface area (Å²) >= 11 is 0. The molecule has 5 nitrogen and oxygen atoms in total. The number of hydrogen-bond donors (Lipinski definition) is 2. The molecular formula is C13H23N5. The molecule has 0 saturated heterocycles. The molecule has 0 bridgehead atoms. The number of hydrogen-bond acceptors (Lipinski definition) is 4. The van der Waals surface area contributed by atoms with Crippen LogP contribution in [0.4, 0.5) is 5.82 Å². The number of aryl methyl sites for hydroxylation is 1. The molecule has 0 radical (unpaired) electrons. The number of nitrogens with one attached hydrogen (secondary N) is 1. The molecule has 18 heavy (non-hydrogen) atoms. The minimum Gasteiger partial charge on any atom is -0.388 e. The van der Waals surface area contributed by atoms with E-state index >= 15 is 0 Å². The topological polar surface area (TPSA) is 78.9 Å². The Bertz CT molecular complexity index is 389. The van der Waals surface area contributed by atoms with Crippen LogP contribution >= 0.6 is 0 Å². The molecule has 0 aliphatic carbocycles. The fourth-order valence-corrected chi connectivity index (χ4v) is 1.75. The predicted octanol–water partition coefficient (Wildman–Crippen LogP) is 1.83. The van der Waals surface area contributed by atoms with Crippen molar-refractivity contribution < 1.29 is 0 Å². The van der Waals surface area contributed by atoms with E-state index in [4.69, 9.17) is 11.1 Å². The van der Waals surface area contributed by atoms with Crippen molar-refractivity contribution in [2.24, 2.45) is 11.7 Å². The van der Waals surface area contributed by atoms with Crippen molar-refractivity contribution in [2.75, 3.05) is 18.0 Å². The van der Waals surface area contributed by atoms with Crippen molar-refractivity contribution in [3.05, 3.63) is 18.1 Å². The molecule has 1 rings (SSSR count). The number of amidine groups is 1. The minimum absolute atomic E-state index is 0.216. The molecule has 1 aromatic heterocycles. The van der Waals surface area contributed by atoms with E-state index in [1.807, 2.05) is 6.07 Å². The molecule has 0 amide bonds. The molecule has 3 N–H and O–H groups in total. The summed E-state index contributed by atoms with van der Waals surface area (Å²) in [5.74, 6) is 1.68. The molecule has 0 unspecified atom stereocenters. The molecule has 100 valence electrons. The first kappa shape index (κ1) is 14.4. The SMILES string of the molecule is CCc1cc(N(CCC(=N)N)CC(C)C)ncn1. The van der Waals surface area contributed by atoms with Crippen molar-refractivity contribution in [2.45, 2.75) is 33.6 Å². The van der Waals surface area contributed by atoms with Crippen molar-refractivity contribution in [3.8, 4) is 0 Å². The van der Waals surface area contributed by atoms with E-state index < -0.39 is 0 Å². The Morgan fingerprint density at radius 1 is 1.44 bits per heavy atom. The van der Waals surface area contributed by atoms with Crippen LogP contribution in [0.2, 0.25) is 0 Å². The third-order valence-electron chi connectivity index (χ3n) is 2.63. The zero-order valence-electron chi connectivity index (χ0n) is 11.5. The number of rotatable bonds is 7. The van der Waals surface area contributed by atoms with E-state index in [-0.39, 0.29) is 5.84 Å². The van der Waals surface area contributed by atoms with Gasteiger partial charge in [0.2, 0.25) is 0 Å². The first-order valence-corrected chi connectivity index (χ1v) is 6.41. The number of anilines is 1. The molecule has 1 aromatic rings. The van der Waals surface area contributed by atoms with Crippen LogP contribution in [0.15, 0.2) is 12.4 Å². The standard InChI is InChI=1S/C13H23N5/c1-4-11-7-13(17-9-16-11)18(8-10(2)3)6-5-12(14)15/h7,9-10H,4-6,8H2,1-3H3,(H3,14,15). The summed E-state index contributed by atoms with van der Waals surface area (Å²) < 4.78 is 0. The van der Waals surface area contributed by atoms with Gasteiger partial charge in [-0.2, -0.15) is 0 Å². The summed E-state index contributed by atoms with van der Waals surface area (Å²) in [7, 11) is 0. The fourth-order valence-electron chi connectivity index (χ4n) is 1.75. The van der Waals surface area contributed by atoms with Crippen LogP contribution in [0.3, 0.4) is 0 Å². The third kappa shape index (κ3) is 4.69. The van der Waals surface area contributed by atoms with Crippen LogP contribution in [0, 0.1) is 11.3 Å². The molecule has 0 spiro atoms. The summed E-state index contributed by atoms with van der Waals surface area (Å²) in [5.41, 5.74) is 6.47. The van der Waals surface area contributed by atoms with E-state index in [0.717, 1.165) is 31.0 Å². The van der Waals surface area contributed by atoms with Gasteiger partial charge in [0, 0.05) is 31.3 Å². The van der Waals surface area contributed by atoms with Crippen LogP contribution in [0.5, 0.6) is 0 Å². The lowest BCUT2D eigenvalue weighted by atomic mass is 10.2. The second-order valence-corrected chi connectivity index (χ2v) is 4.84. The van der Waals surface area contributed by atoms with Crippen molar-refractivity contribution in [3.63, 3.8) is 0 Å². The highest BCUT2D eigenvalue weighted by Crippen LogP contribution is 2.14. The van der Waals surface area contributed by atoms with E-state index in [2.05, 4.69) is 35.6 Å². The van der Waals surface area contributed by atoms with Gasteiger partial charge >= 0.3 is 0 Å². The largest absolute Gasteiger partial charge is 0.388 e. The first-order chi connectivity index (χ1) is 8.52. The summed E-state index contributed by atoms with van der Waals surface area (Å²) in [6.07, 6.45) is 3.07. The number of aromatic nitrogens is 2. The average Bonchev–Trinajstić information content (AvgIpc) is 2.34. The summed E-state index contributed by atoms with van der Waals surface area (Å²) in [6, 6.07) is 2.02. The molecule has 0 fully saturated rings. The molecule has 0 aliphatic heterocycles. The average molecular weight is 249 g/mol. The summed E-state index contributed by atoms with van der Waals surface area (Å²) in [6.45, 7) is 8.06. The lowest BCUT2D eigenvalue weighted by Gasteiger charge is -2.25. The fraction of sp³-hybridized carbons (Fsp3) is 0.615. The Labute approximate surface area is 109 Å². The van der Waals surface area contributed by atoms with E-state index in [9.17, 15) is 0 Å². The maximum Gasteiger partial charge on any atom is 0.132 e. The van der Waals surface area contributed by atoms with Crippen LogP contribution < -0.4 is 10.6 Å². The number of nitrogens with two attached hydrogens (primary N) is 1. The van der Waals surface area contributed by atoms with Crippen molar-refractivity contribution in [1.82, 2.24) is 9.97 Å². The zero-order chi connectivity index (χ0) is 13.5. The Morgan fingerprint density at radius 2 is 2.17 bits per heavy atom. The Hall–Kier alpha value is -1.65. The van der Waals surface area contributed by atoms with Gasteiger partial charge in [-0.25, -0.2) is 9.97 Å². The molecule has 1 heterocycles. The minimum atomic E-state index is 0.216. The molecule has 5 heteroatoms. The highest BCUT2D eigenvalue weighted by atomic mass is 15.2. The second-order valence-electron chi connectivity index (χ2n) is 4.84. The van der Waals surface area contributed by atoms with Gasteiger partial charge in [0.25, 0.3) is 0 Å². The maximum atomic E-state index is 7.33. The van der Waals surface area contributed by atoms with Gasteiger partial charge in [-0.3, -0.25) is 5.41 Å². The molecular weight excluding hydrogens is 226 g/mol. The molecule has 0 aromatic carbocycles. The van der Waals surface area contributed by atoms with Crippen molar-refractivity contribution in [1.29, 1.82) is 5.41 Å². The van der Waals surface area contributed by atoms with Crippen LogP contribution in [0.1, 0.15) is 32.9 Å². The van der Waals surface area contributed by atoms with Crippen LogP contribution in [-0.2, 0) is 6.42 Å². The van der Waals surface area contributed by atoms with Gasteiger partial charge in [-0.1, -0.05) is 20.8 Å². The highest BCUT2D eigenvalue weighted by Gasteiger charge is 2.11. The van der Waals surface area contributed by atoms with E-state index in [0.29, 0.717) is 12.3 Å². The summed E-state index contributed by atoms with van der Waals surface area (Å²) in [4.78, 5) is 10.7. The predicted molar refractivity (Wildman–Crippen MR) is 75.0 cm³/mol. The highest BCUT2D eigenvalue weighted by molar-refractivity contribution is 5.77. The molecule has 0 atom stereocenters. The summed E-state index contributed by atoms with van der Waals surface area (Å²) in [5, 5.41) is 7.33. The molecule has 0 aliphatic rings. The quantitative estimate of drug-likeness (QED) is 0.571. The van der Waals surface area contributed by atoms with Crippen LogP contribution in [0.25, 0.3) is 0 Å². The lowest BCUT2D eigenvalue weighted by Crippen LogP contribution is -2.32. The normalized spacial score (nSPS) is 10.7. The lowest BCUT2D eigenvalue weighted by molar-refractivity contribution is 0.608. The second kappa shape index (κ2) is 6.93. The van der Waals surface area contributed by atoms with Gasteiger partial charge in [-0.15, -0.1) is 0 Å². The van der Waals surface area contributed by atoms with E-state index in [1.165, 1.54) is 0 Å². The number of nitrogens with zero attached hydrogens (tertiary/aromatic N) is 3. The zero-order valence-corrected chi connectivity index (χ0v) is 11.5. The maximum absolute atomic E-state index is 7.33. The Kier molecular flexibility index (Phi) is 5.55. The van der Waals surface area contributed by atoms with Crippen molar-refractivity contribution >= 4 is 11.7 Å². The van der Waals surface area contributed by atoms with Crippen LogP contribution in [-0.4, -0.2) is 28.9 Å². The monoisotopic (exact) mass is 249 g/mol. The van der Waals surface area contributed by atoms with Gasteiger partial charge in [0.1, 0.15) is 12.1 Å². The van der Waals surface area contributed by atoms with Gasteiger partial charge in [0.05, 0.1) is 5.84 Å².